The number of pyridine rings is 1. The molecule has 1 aliphatic rings. The van der Waals surface area contributed by atoms with Gasteiger partial charge in [-0.15, -0.1) is 0 Å². The Morgan fingerprint density at radius 2 is 1.97 bits per heavy atom. The summed E-state index contributed by atoms with van der Waals surface area (Å²) < 4.78 is 11.4. The van der Waals surface area contributed by atoms with E-state index in [1.165, 1.54) is 0 Å². The van der Waals surface area contributed by atoms with Crippen LogP contribution in [0.25, 0.3) is 0 Å². The maximum atomic E-state index is 10.8. The van der Waals surface area contributed by atoms with Crippen molar-refractivity contribution in [3.63, 3.8) is 0 Å². The summed E-state index contributed by atoms with van der Waals surface area (Å²) in [5, 5.41) is 0.966. The van der Waals surface area contributed by atoms with Crippen LogP contribution in [0.15, 0.2) is 30.5 Å². The average Bonchev–Trinajstić information content (AvgIpc) is 2.76. The predicted octanol–water partition coefficient (Wildman–Crippen LogP) is 4.25. The van der Waals surface area contributed by atoms with Gasteiger partial charge in [0.25, 0.3) is 0 Å². The lowest BCUT2D eigenvalue weighted by atomic mass is 9.84. The van der Waals surface area contributed by atoms with Gasteiger partial charge in [-0.2, -0.15) is 0 Å². The third-order valence-corrected chi connectivity index (χ3v) is 6.14. The Balaban J connectivity index is 1.53. The van der Waals surface area contributed by atoms with Crippen LogP contribution in [0.1, 0.15) is 36.3 Å². The number of ether oxygens (including phenoxy) is 2. The lowest BCUT2D eigenvalue weighted by molar-refractivity contribution is -0.108. The standard InChI is InChI=1S/C23H29Cl2N3O3/c1-16-12-19(24)23(20(25)13-16)31-11-10-30-22-6-5-17(15-27-22)18-4-2-7-28(8-3-9-29)21(18)14-26/h5-6,9,12-13,15,18,21H,2-4,7-8,10-11,14,26H2,1H3. The summed E-state index contributed by atoms with van der Waals surface area (Å²) >= 11 is 12.4. The van der Waals surface area contributed by atoms with Crippen LogP contribution in [-0.4, -0.2) is 55.1 Å². The van der Waals surface area contributed by atoms with E-state index in [-0.39, 0.29) is 6.04 Å². The molecule has 2 unspecified atom stereocenters. The van der Waals surface area contributed by atoms with E-state index < -0.39 is 0 Å². The number of nitrogens with two attached hydrogens (primary N) is 1. The topological polar surface area (TPSA) is 77.7 Å². The molecule has 0 aliphatic carbocycles. The van der Waals surface area contributed by atoms with Crippen LogP contribution in [-0.2, 0) is 4.79 Å². The van der Waals surface area contributed by atoms with Gasteiger partial charge in [0.1, 0.15) is 19.5 Å². The fraction of sp³-hybridized carbons (Fsp3) is 0.478. The number of likely N-dealkylation sites (tertiary alicyclic amines) is 1. The Kier molecular flexibility index (Phi) is 8.96. The maximum absolute atomic E-state index is 10.8. The molecule has 1 fully saturated rings. The largest absolute Gasteiger partial charge is 0.487 e. The van der Waals surface area contributed by atoms with Gasteiger partial charge in [0.2, 0.25) is 5.88 Å². The molecule has 1 aromatic carbocycles. The summed E-state index contributed by atoms with van der Waals surface area (Å²) in [5.41, 5.74) is 8.20. The Morgan fingerprint density at radius 1 is 1.23 bits per heavy atom. The molecular weight excluding hydrogens is 437 g/mol. The van der Waals surface area contributed by atoms with E-state index >= 15 is 0 Å². The van der Waals surface area contributed by atoms with Crippen LogP contribution in [0.3, 0.4) is 0 Å². The van der Waals surface area contributed by atoms with E-state index in [0.29, 0.717) is 53.8 Å². The summed E-state index contributed by atoms with van der Waals surface area (Å²) in [6, 6.07) is 7.76. The number of hydrogen-bond acceptors (Lipinski definition) is 6. The van der Waals surface area contributed by atoms with E-state index in [1.54, 1.807) is 0 Å². The summed E-state index contributed by atoms with van der Waals surface area (Å²) in [6.45, 7) is 4.84. The molecule has 0 spiro atoms. The first-order valence-electron chi connectivity index (χ1n) is 10.6. The molecule has 2 aromatic rings. The van der Waals surface area contributed by atoms with Crippen molar-refractivity contribution in [1.29, 1.82) is 0 Å². The van der Waals surface area contributed by atoms with Gasteiger partial charge in [0.05, 0.1) is 10.0 Å². The summed E-state index contributed by atoms with van der Waals surface area (Å²) in [7, 11) is 0. The van der Waals surface area contributed by atoms with Gasteiger partial charge in [-0.05, 0) is 49.6 Å². The SMILES string of the molecule is Cc1cc(Cl)c(OCCOc2ccc(C3CCCN(CCC=O)C3CN)cn2)c(Cl)c1. The van der Waals surface area contributed by atoms with Crippen molar-refractivity contribution in [3.8, 4) is 11.6 Å². The molecule has 0 radical (unpaired) electrons. The lowest BCUT2D eigenvalue weighted by Crippen LogP contribution is -2.48. The highest BCUT2D eigenvalue weighted by Crippen LogP contribution is 2.34. The second-order valence-electron chi connectivity index (χ2n) is 7.73. The highest BCUT2D eigenvalue weighted by atomic mass is 35.5. The normalized spacial score (nSPS) is 19.2. The molecule has 0 saturated carbocycles. The molecule has 1 saturated heterocycles. The van der Waals surface area contributed by atoms with Gasteiger partial charge in [-0.3, -0.25) is 4.90 Å². The molecular formula is C23H29Cl2N3O3. The molecule has 0 bridgehead atoms. The fourth-order valence-corrected chi connectivity index (χ4v) is 4.84. The van der Waals surface area contributed by atoms with Crippen molar-refractivity contribution in [2.75, 3.05) is 32.8 Å². The average molecular weight is 466 g/mol. The smallest absolute Gasteiger partial charge is 0.213 e. The van der Waals surface area contributed by atoms with E-state index in [1.807, 2.05) is 37.4 Å². The number of halogens is 2. The van der Waals surface area contributed by atoms with E-state index in [9.17, 15) is 4.79 Å². The van der Waals surface area contributed by atoms with E-state index in [0.717, 1.165) is 43.3 Å². The van der Waals surface area contributed by atoms with Gasteiger partial charge in [0.15, 0.2) is 5.75 Å². The van der Waals surface area contributed by atoms with E-state index in [2.05, 4.69) is 9.88 Å². The minimum Gasteiger partial charge on any atom is -0.487 e. The molecule has 1 aliphatic heterocycles. The number of aromatic nitrogens is 1. The lowest BCUT2D eigenvalue weighted by Gasteiger charge is -2.40. The van der Waals surface area contributed by atoms with Crippen LogP contribution in [0.5, 0.6) is 11.6 Å². The molecule has 31 heavy (non-hydrogen) atoms. The van der Waals surface area contributed by atoms with Crippen molar-refractivity contribution in [2.45, 2.75) is 38.1 Å². The first-order chi connectivity index (χ1) is 15.0. The number of carbonyl (C=O) groups excluding carboxylic acids is 1. The number of piperidine rings is 1. The minimum absolute atomic E-state index is 0.222. The zero-order valence-electron chi connectivity index (χ0n) is 17.7. The zero-order valence-corrected chi connectivity index (χ0v) is 19.2. The number of nitrogens with zero attached hydrogens (tertiary/aromatic N) is 2. The minimum atomic E-state index is 0.222. The fourth-order valence-electron chi connectivity index (χ4n) is 4.14. The summed E-state index contributed by atoms with van der Waals surface area (Å²) in [4.78, 5) is 17.5. The van der Waals surface area contributed by atoms with Crippen molar-refractivity contribution in [1.82, 2.24) is 9.88 Å². The maximum Gasteiger partial charge on any atom is 0.213 e. The molecule has 0 amide bonds. The molecule has 3 rings (SSSR count). The van der Waals surface area contributed by atoms with Gasteiger partial charge in [0, 0.05) is 43.7 Å². The number of carbonyl (C=O) groups is 1. The third kappa shape index (κ3) is 6.32. The van der Waals surface area contributed by atoms with Gasteiger partial charge >= 0.3 is 0 Å². The Bertz CT molecular complexity index is 841. The molecule has 168 valence electrons. The van der Waals surface area contributed by atoms with Crippen LogP contribution >= 0.6 is 23.2 Å². The third-order valence-electron chi connectivity index (χ3n) is 5.58. The Labute approximate surface area is 193 Å². The number of aryl methyl sites for hydroxylation is 1. The van der Waals surface area contributed by atoms with Crippen molar-refractivity contribution in [2.24, 2.45) is 5.73 Å². The number of rotatable bonds is 10. The quantitative estimate of drug-likeness (QED) is 0.417. The summed E-state index contributed by atoms with van der Waals surface area (Å²) in [6.07, 6.45) is 5.51. The number of benzene rings is 1. The molecule has 1 aromatic heterocycles. The second kappa shape index (κ2) is 11.7. The molecule has 8 heteroatoms. The second-order valence-corrected chi connectivity index (χ2v) is 8.54. The molecule has 2 heterocycles. The molecule has 6 nitrogen and oxygen atoms in total. The summed E-state index contributed by atoms with van der Waals surface area (Å²) in [5.74, 6) is 1.30. The number of hydrogen-bond donors (Lipinski definition) is 1. The monoisotopic (exact) mass is 465 g/mol. The van der Waals surface area contributed by atoms with Crippen molar-refractivity contribution in [3.05, 3.63) is 51.6 Å². The molecule has 2 N–H and O–H groups in total. The molecule has 2 atom stereocenters. The van der Waals surface area contributed by atoms with Gasteiger partial charge < -0.3 is 20.0 Å². The first kappa shape index (κ1) is 23.8. The number of aldehydes is 1. The predicted molar refractivity (Wildman–Crippen MR) is 123 cm³/mol. The van der Waals surface area contributed by atoms with Crippen LogP contribution in [0.4, 0.5) is 0 Å². The van der Waals surface area contributed by atoms with Gasteiger partial charge in [-0.1, -0.05) is 29.3 Å². The van der Waals surface area contributed by atoms with Crippen LogP contribution in [0, 0.1) is 6.92 Å². The highest BCUT2D eigenvalue weighted by Gasteiger charge is 2.31. The van der Waals surface area contributed by atoms with Gasteiger partial charge in [-0.25, -0.2) is 4.98 Å². The first-order valence-corrected chi connectivity index (χ1v) is 11.3. The van der Waals surface area contributed by atoms with Crippen LogP contribution in [0.2, 0.25) is 10.0 Å². The zero-order chi connectivity index (χ0) is 22.2. The Hall–Kier alpha value is -1.86. The highest BCUT2D eigenvalue weighted by molar-refractivity contribution is 6.37. The van der Waals surface area contributed by atoms with Crippen molar-refractivity contribution < 1.29 is 14.3 Å². The van der Waals surface area contributed by atoms with Crippen LogP contribution < -0.4 is 15.2 Å². The van der Waals surface area contributed by atoms with E-state index in [4.69, 9.17) is 38.4 Å². The Morgan fingerprint density at radius 3 is 2.61 bits per heavy atom. The van der Waals surface area contributed by atoms with Crippen molar-refractivity contribution >= 4 is 29.5 Å².